The number of nitrogens with zero attached hydrogens (tertiary/aromatic N) is 2. The summed E-state index contributed by atoms with van der Waals surface area (Å²) in [5, 5.41) is 17.2. The van der Waals surface area contributed by atoms with Gasteiger partial charge in [-0.15, -0.1) is 0 Å². The molecule has 0 fully saturated rings. The first-order valence-electron chi connectivity index (χ1n) is 7.53. The monoisotopic (exact) mass is 343 g/mol. The highest BCUT2D eigenvalue weighted by Crippen LogP contribution is 2.38. The summed E-state index contributed by atoms with van der Waals surface area (Å²) in [6.45, 7) is 0. The van der Waals surface area contributed by atoms with Gasteiger partial charge < -0.3 is 5.11 Å². The number of phenolic OH excluding ortho intramolecular Hbond substituents is 1. The van der Waals surface area contributed by atoms with Crippen LogP contribution in [-0.2, 0) is 12.6 Å². The molecule has 2 N–H and O–H groups in total. The maximum absolute atomic E-state index is 13.1. The summed E-state index contributed by atoms with van der Waals surface area (Å²) in [7, 11) is 0. The number of aromatic nitrogens is 3. The third kappa shape index (κ3) is 2.67. The number of nitrogens with one attached hydrogen (secondary N) is 1. The first kappa shape index (κ1) is 15.4. The Morgan fingerprint density at radius 3 is 2.68 bits per heavy atom. The van der Waals surface area contributed by atoms with E-state index in [0.717, 1.165) is 34.4 Å². The number of benzene rings is 2. The molecule has 0 aliphatic carbocycles. The number of H-pyrrole nitrogens is 1. The highest BCUT2D eigenvalue weighted by Gasteiger charge is 2.32. The second-order valence-electron chi connectivity index (χ2n) is 5.76. The molecule has 0 atom stereocenters. The molecule has 0 aliphatic rings. The predicted molar refractivity (Wildman–Crippen MR) is 87.3 cm³/mol. The minimum Gasteiger partial charge on any atom is -0.507 e. The third-order valence-electron chi connectivity index (χ3n) is 4.13. The molecule has 2 heterocycles. The lowest BCUT2D eigenvalue weighted by atomic mass is 9.99. The van der Waals surface area contributed by atoms with Crippen molar-refractivity contribution in [2.24, 2.45) is 0 Å². The first-order chi connectivity index (χ1) is 11.9. The SMILES string of the molecule is Oc1ccc(C(F)(F)F)c2ccc(Cc3[nH]nc4cccnc34)cc12. The van der Waals surface area contributed by atoms with Gasteiger partial charge in [0.15, 0.2) is 0 Å². The van der Waals surface area contributed by atoms with E-state index in [4.69, 9.17) is 0 Å². The molecule has 25 heavy (non-hydrogen) atoms. The zero-order valence-electron chi connectivity index (χ0n) is 12.8. The topological polar surface area (TPSA) is 61.8 Å². The van der Waals surface area contributed by atoms with E-state index in [2.05, 4.69) is 15.2 Å². The van der Waals surface area contributed by atoms with Gasteiger partial charge in [0.1, 0.15) is 16.8 Å². The van der Waals surface area contributed by atoms with Crippen LogP contribution in [0.25, 0.3) is 21.8 Å². The molecule has 2 aromatic heterocycles. The van der Waals surface area contributed by atoms with Crippen LogP contribution in [0.15, 0.2) is 48.7 Å². The van der Waals surface area contributed by atoms with Crippen molar-refractivity contribution >= 4 is 21.8 Å². The number of aromatic amines is 1. The molecule has 4 nitrogen and oxygen atoms in total. The van der Waals surface area contributed by atoms with Gasteiger partial charge in [0, 0.05) is 18.0 Å². The van der Waals surface area contributed by atoms with Crippen molar-refractivity contribution in [3.63, 3.8) is 0 Å². The first-order valence-corrected chi connectivity index (χ1v) is 7.53. The Labute approximate surface area is 139 Å². The van der Waals surface area contributed by atoms with Gasteiger partial charge in [0.25, 0.3) is 0 Å². The van der Waals surface area contributed by atoms with Crippen LogP contribution in [0.2, 0.25) is 0 Å². The number of hydrogen-bond acceptors (Lipinski definition) is 3. The normalized spacial score (nSPS) is 12.1. The fourth-order valence-electron chi connectivity index (χ4n) is 2.96. The van der Waals surface area contributed by atoms with Crippen molar-refractivity contribution in [2.45, 2.75) is 12.6 Å². The molecule has 0 radical (unpaired) electrons. The fraction of sp³-hybridized carbons (Fsp3) is 0.111. The number of hydrogen-bond donors (Lipinski definition) is 2. The third-order valence-corrected chi connectivity index (χ3v) is 4.13. The molecule has 0 unspecified atom stereocenters. The second kappa shape index (κ2) is 5.47. The lowest BCUT2D eigenvalue weighted by Gasteiger charge is -2.12. The largest absolute Gasteiger partial charge is 0.507 e. The summed E-state index contributed by atoms with van der Waals surface area (Å²) >= 11 is 0. The Bertz CT molecular complexity index is 1090. The van der Waals surface area contributed by atoms with Crippen LogP contribution in [0.1, 0.15) is 16.8 Å². The van der Waals surface area contributed by atoms with Crippen molar-refractivity contribution in [3.05, 3.63) is 65.5 Å². The molecule has 0 aliphatic heterocycles. The highest BCUT2D eigenvalue weighted by molar-refractivity contribution is 5.92. The summed E-state index contributed by atoms with van der Waals surface area (Å²) in [5.74, 6) is -0.183. The van der Waals surface area contributed by atoms with Crippen molar-refractivity contribution in [2.75, 3.05) is 0 Å². The number of rotatable bonds is 2. The Kier molecular flexibility index (Phi) is 3.38. The molecule has 0 spiro atoms. The molecule has 4 rings (SSSR count). The van der Waals surface area contributed by atoms with Crippen molar-refractivity contribution in [1.82, 2.24) is 15.2 Å². The van der Waals surface area contributed by atoms with E-state index in [1.54, 1.807) is 24.4 Å². The van der Waals surface area contributed by atoms with E-state index in [0.29, 0.717) is 6.42 Å². The number of alkyl halides is 3. The van der Waals surface area contributed by atoms with Gasteiger partial charge in [-0.3, -0.25) is 10.1 Å². The summed E-state index contributed by atoms with van der Waals surface area (Å²) in [4.78, 5) is 4.27. The molecule has 0 bridgehead atoms. The fourth-order valence-corrected chi connectivity index (χ4v) is 2.96. The van der Waals surface area contributed by atoms with Gasteiger partial charge in [-0.2, -0.15) is 18.3 Å². The molecule has 0 saturated heterocycles. The molecular weight excluding hydrogens is 331 g/mol. The molecule has 4 aromatic rings. The number of pyridine rings is 1. The van der Waals surface area contributed by atoms with E-state index < -0.39 is 11.7 Å². The number of halogens is 3. The summed E-state index contributed by atoms with van der Waals surface area (Å²) in [6, 6.07) is 10.1. The molecule has 0 saturated carbocycles. The van der Waals surface area contributed by atoms with E-state index in [1.807, 2.05) is 6.07 Å². The smallest absolute Gasteiger partial charge is 0.417 e. The van der Waals surface area contributed by atoms with Gasteiger partial charge in [0.05, 0.1) is 11.3 Å². The Morgan fingerprint density at radius 2 is 1.88 bits per heavy atom. The standard InChI is InChI=1S/C18H12F3N3O/c19-18(20,21)13-5-6-16(25)12-8-10(3-4-11(12)13)9-15-17-14(23-24-15)2-1-7-22-17/h1-8,25H,9H2,(H,23,24). The van der Waals surface area contributed by atoms with Gasteiger partial charge in [-0.05, 0) is 41.3 Å². The van der Waals surface area contributed by atoms with Crippen LogP contribution in [0.5, 0.6) is 5.75 Å². The summed E-state index contributed by atoms with van der Waals surface area (Å²) in [5.41, 5.74) is 2.19. The summed E-state index contributed by atoms with van der Waals surface area (Å²) < 4.78 is 39.4. The average molecular weight is 343 g/mol. The van der Waals surface area contributed by atoms with E-state index >= 15 is 0 Å². The van der Waals surface area contributed by atoms with Gasteiger partial charge in [0.2, 0.25) is 0 Å². The minimum atomic E-state index is -4.48. The van der Waals surface area contributed by atoms with Crippen molar-refractivity contribution in [3.8, 4) is 5.75 Å². The maximum atomic E-state index is 13.1. The maximum Gasteiger partial charge on any atom is 0.417 e. The predicted octanol–water partition coefficient (Wildman–Crippen LogP) is 4.43. The van der Waals surface area contributed by atoms with Crippen molar-refractivity contribution < 1.29 is 18.3 Å². The second-order valence-corrected chi connectivity index (χ2v) is 5.76. The number of phenols is 1. The number of aromatic hydroxyl groups is 1. The van der Waals surface area contributed by atoms with Crippen LogP contribution in [0.4, 0.5) is 13.2 Å². The average Bonchev–Trinajstić information content (AvgIpc) is 2.98. The van der Waals surface area contributed by atoms with Crippen LogP contribution in [0, 0.1) is 0 Å². The molecule has 2 aromatic carbocycles. The van der Waals surface area contributed by atoms with Crippen LogP contribution < -0.4 is 0 Å². The zero-order valence-corrected chi connectivity index (χ0v) is 12.8. The van der Waals surface area contributed by atoms with Gasteiger partial charge >= 0.3 is 6.18 Å². The van der Waals surface area contributed by atoms with E-state index in [1.165, 1.54) is 6.07 Å². The van der Waals surface area contributed by atoms with Gasteiger partial charge in [-0.1, -0.05) is 12.1 Å². The minimum absolute atomic E-state index is 0.0242. The van der Waals surface area contributed by atoms with E-state index in [9.17, 15) is 18.3 Å². The summed E-state index contributed by atoms with van der Waals surface area (Å²) in [6.07, 6.45) is -2.40. The van der Waals surface area contributed by atoms with Crippen LogP contribution >= 0.6 is 0 Å². The number of fused-ring (bicyclic) bond motifs is 2. The molecule has 126 valence electrons. The van der Waals surface area contributed by atoms with E-state index in [-0.39, 0.29) is 16.5 Å². The van der Waals surface area contributed by atoms with Crippen LogP contribution in [-0.4, -0.2) is 20.3 Å². The highest BCUT2D eigenvalue weighted by atomic mass is 19.4. The zero-order chi connectivity index (χ0) is 17.6. The molecule has 7 heteroatoms. The van der Waals surface area contributed by atoms with Gasteiger partial charge in [-0.25, -0.2) is 0 Å². The lowest BCUT2D eigenvalue weighted by Crippen LogP contribution is -2.05. The van der Waals surface area contributed by atoms with Crippen LogP contribution in [0.3, 0.4) is 0 Å². The molecule has 0 amide bonds. The Hall–Kier alpha value is -3.09. The Morgan fingerprint density at radius 1 is 1.04 bits per heavy atom. The molecular formula is C18H12F3N3O. The quantitative estimate of drug-likeness (QED) is 0.566. The Balaban J connectivity index is 1.80. The van der Waals surface area contributed by atoms with Crippen molar-refractivity contribution in [1.29, 1.82) is 0 Å². The lowest BCUT2D eigenvalue weighted by molar-refractivity contribution is -0.136.